The van der Waals surface area contributed by atoms with Gasteiger partial charge in [0.1, 0.15) is 17.5 Å². The molecule has 0 aliphatic carbocycles. The number of anilines is 2. The van der Waals surface area contributed by atoms with E-state index in [2.05, 4.69) is 15.3 Å². The van der Waals surface area contributed by atoms with Crippen molar-refractivity contribution in [3.63, 3.8) is 0 Å². The number of methoxy groups -OCH3 is 1. The van der Waals surface area contributed by atoms with Gasteiger partial charge < -0.3 is 10.1 Å². The number of aromatic nitrogens is 2. The molecule has 1 aromatic heterocycles. The molecule has 90 valence electrons. The molecular weight excluding hydrogens is 252 g/mol. The SMILES string of the molecule is COc1ccc(Cl)c(Nc2nccc(C#N)n2)c1. The highest BCUT2D eigenvalue weighted by Crippen LogP contribution is 2.28. The van der Waals surface area contributed by atoms with Gasteiger partial charge >= 0.3 is 0 Å². The van der Waals surface area contributed by atoms with Gasteiger partial charge in [-0.3, -0.25) is 0 Å². The van der Waals surface area contributed by atoms with E-state index in [4.69, 9.17) is 21.6 Å². The van der Waals surface area contributed by atoms with E-state index in [0.717, 1.165) is 0 Å². The highest BCUT2D eigenvalue weighted by atomic mass is 35.5. The summed E-state index contributed by atoms with van der Waals surface area (Å²) in [7, 11) is 1.57. The van der Waals surface area contributed by atoms with Crippen LogP contribution in [0.3, 0.4) is 0 Å². The smallest absolute Gasteiger partial charge is 0.228 e. The van der Waals surface area contributed by atoms with Gasteiger partial charge in [-0.05, 0) is 18.2 Å². The van der Waals surface area contributed by atoms with Crippen LogP contribution >= 0.6 is 11.6 Å². The van der Waals surface area contributed by atoms with Crippen LogP contribution in [-0.4, -0.2) is 17.1 Å². The van der Waals surface area contributed by atoms with E-state index in [1.807, 2.05) is 6.07 Å². The molecule has 0 bridgehead atoms. The number of nitriles is 1. The molecular formula is C12H9ClN4O. The van der Waals surface area contributed by atoms with Crippen LogP contribution in [0, 0.1) is 11.3 Å². The fourth-order valence-electron chi connectivity index (χ4n) is 1.33. The second kappa shape index (κ2) is 5.34. The molecule has 0 radical (unpaired) electrons. The van der Waals surface area contributed by atoms with Crippen LogP contribution < -0.4 is 10.1 Å². The van der Waals surface area contributed by atoms with Crippen molar-refractivity contribution < 1.29 is 4.74 Å². The quantitative estimate of drug-likeness (QED) is 0.919. The third-order valence-electron chi connectivity index (χ3n) is 2.19. The molecule has 0 aliphatic heterocycles. The van der Waals surface area contributed by atoms with Crippen molar-refractivity contribution >= 4 is 23.2 Å². The van der Waals surface area contributed by atoms with Gasteiger partial charge in [0, 0.05) is 12.3 Å². The van der Waals surface area contributed by atoms with Crippen LogP contribution in [0.5, 0.6) is 5.75 Å². The zero-order valence-electron chi connectivity index (χ0n) is 9.51. The predicted molar refractivity (Wildman–Crippen MR) is 68.0 cm³/mol. The molecule has 5 nitrogen and oxygen atoms in total. The fourth-order valence-corrected chi connectivity index (χ4v) is 1.49. The van der Waals surface area contributed by atoms with E-state index in [1.165, 1.54) is 12.3 Å². The van der Waals surface area contributed by atoms with Crippen LogP contribution in [0.4, 0.5) is 11.6 Å². The number of benzene rings is 1. The average Bonchev–Trinajstić information content (AvgIpc) is 2.41. The van der Waals surface area contributed by atoms with Crippen LogP contribution in [0.25, 0.3) is 0 Å². The highest BCUT2D eigenvalue weighted by Gasteiger charge is 2.05. The number of halogens is 1. The lowest BCUT2D eigenvalue weighted by Crippen LogP contribution is -1.99. The Morgan fingerprint density at radius 1 is 1.39 bits per heavy atom. The van der Waals surface area contributed by atoms with E-state index in [0.29, 0.717) is 22.4 Å². The maximum Gasteiger partial charge on any atom is 0.228 e. The lowest BCUT2D eigenvalue weighted by atomic mass is 10.3. The first kappa shape index (κ1) is 12.1. The number of nitrogens with one attached hydrogen (secondary N) is 1. The molecule has 6 heteroatoms. The van der Waals surface area contributed by atoms with Gasteiger partial charge in [-0.1, -0.05) is 11.6 Å². The van der Waals surface area contributed by atoms with Crippen LogP contribution in [0.1, 0.15) is 5.69 Å². The largest absolute Gasteiger partial charge is 0.497 e. The first-order valence-electron chi connectivity index (χ1n) is 5.06. The molecule has 0 aliphatic rings. The van der Waals surface area contributed by atoms with Crippen LogP contribution in [0.15, 0.2) is 30.5 Å². The Morgan fingerprint density at radius 3 is 2.94 bits per heavy atom. The standard InChI is InChI=1S/C12H9ClN4O/c1-18-9-2-3-10(13)11(6-9)17-12-15-5-4-8(7-14)16-12/h2-6H,1H3,(H,15,16,17). The van der Waals surface area contributed by atoms with E-state index < -0.39 is 0 Å². The zero-order valence-corrected chi connectivity index (χ0v) is 10.3. The van der Waals surface area contributed by atoms with Crippen LogP contribution in [-0.2, 0) is 0 Å². The van der Waals surface area contributed by atoms with Crippen molar-refractivity contribution in [1.82, 2.24) is 9.97 Å². The normalized spacial score (nSPS) is 9.61. The van der Waals surface area contributed by atoms with E-state index >= 15 is 0 Å². The second-order valence-corrected chi connectivity index (χ2v) is 3.76. The minimum absolute atomic E-state index is 0.284. The van der Waals surface area contributed by atoms with Crippen molar-refractivity contribution in [2.45, 2.75) is 0 Å². The lowest BCUT2D eigenvalue weighted by Gasteiger charge is -2.08. The number of hydrogen-bond acceptors (Lipinski definition) is 5. The van der Waals surface area contributed by atoms with Gasteiger partial charge in [0.15, 0.2) is 0 Å². The number of nitrogens with zero attached hydrogens (tertiary/aromatic N) is 3. The summed E-state index contributed by atoms with van der Waals surface area (Å²) in [5.74, 6) is 0.975. The summed E-state index contributed by atoms with van der Waals surface area (Å²) in [5.41, 5.74) is 0.901. The van der Waals surface area contributed by atoms with Crippen molar-refractivity contribution in [3.05, 3.63) is 41.2 Å². The van der Waals surface area contributed by atoms with E-state index in [-0.39, 0.29) is 5.69 Å². The Bertz CT molecular complexity index is 609. The molecule has 1 heterocycles. The van der Waals surface area contributed by atoms with Crippen molar-refractivity contribution in [3.8, 4) is 11.8 Å². The van der Waals surface area contributed by atoms with Gasteiger partial charge in [0.25, 0.3) is 0 Å². The molecule has 2 rings (SSSR count). The second-order valence-electron chi connectivity index (χ2n) is 3.35. The van der Waals surface area contributed by atoms with Gasteiger partial charge in [-0.25, -0.2) is 9.97 Å². The fraction of sp³-hybridized carbons (Fsp3) is 0.0833. The van der Waals surface area contributed by atoms with Gasteiger partial charge in [0.05, 0.1) is 17.8 Å². The predicted octanol–water partition coefficient (Wildman–Crippen LogP) is 2.75. The van der Waals surface area contributed by atoms with Crippen molar-refractivity contribution in [2.75, 3.05) is 12.4 Å². The molecule has 18 heavy (non-hydrogen) atoms. The van der Waals surface area contributed by atoms with Gasteiger partial charge in [0.2, 0.25) is 5.95 Å². The maximum atomic E-state index is 8.75. The molecule has 0 saturated carbocycles. The summed E-state index contributed by atoms with van der Waals surface area (Å²) >= 11 is 6.04. The minimum Gasteiger partial charge on any atom is -0.497 e. The van der Waals surface area contributed by atoms with Crippen molar-refractivity contribution in [2.24, 2.45) is 0 Å². The molecule has 0 spiro atoms. The number of ether oxygens (including phenoxy) is 1. The Kier molecular flexibility index (Phi) is 3.60. The first-order valence-corrected chi connectivity index (χ1v) is 5.44. The summed E-state index contributed by atoms with van der Waals surface area (Å²) in [6.45, 7) is 0. The molecule has 0 saturated heterocycles. The van der Waals surface area contributed by atoms with Crippen molar-refractivity contribution in [1.29, 1.82) is 5.26 Å². The molecule has 0 unspecified atom stereocenters. The maximum absolute atomic E-state index is 8.75. The molecule has 1 N–H and O–H groups in total. The summed E-state index contributed by atoms with van der Waals surface area (Å²) in [5, 5.41) is 12.2. The Labute approximate surface area is 109 Å². The molecule has 1 aromatic carbocycles. The number of hydrogen-bond donors (Lipinski definition) is 1. The van der Waals surface area contributed by atoms with E-state index in [1.54, 1.807) is 25.3 Å². The first-order chi connectivity index (χ1) is 8.72. The highest BCUT2D eigenvalue weighted by molar-refractivity contribution is 6.33. The topological polar surface area (TPSA) is 70.8 Å². The molecule has 2 aromatic rings. The minimum atomic E-state index is 0.284. The Hall–Kier alpha value is -2.32. The zero-order chi connectivity index (χ0) is 13.0. The Balaban J connectivity index is 2.30. The summed E-state index contributed by atoms with van der Waals surface area (Å²) in [4.78, 5) is 8.01. The van der Waals surface area contributed by atoms with Gasteiger partial charge in [-0.15, -0.1) is 0 Å². The summed E-state index contributed by atoms with van der Waals surface area (Å²) < 4.78 is 5.10. The monoisotopic (exact) mass is 260 g/mol. The summed E-state index contributed by atoms with van der Waals surface area (Å²) in [6.07, 6.45) is 1.50. The number of rotatable bonds is 3. The van der Waals surface area contributed by atoms with E-state index in [9.17, 15) is 0 Å². The van der Waals surface area contributed by atoms with Gasteiger partial charge in [-0.2, -0.15) is 5.26 Å². The average molecular weight is 261 g/mol. The summed E-state index contributed by atoms with van der Waals surface area (Å²) in [6, 6.07) is 8.65. The molecule has 0 atom stereocenters. The third kappa shape index (κ3) is 2.67. The molecule has 0 amide bonds. The Morgan fingerprint density at radius 2 is 2.22 bits per heavy atom. The van der Waals surface area contributed by atoms with Crippen LogP contribution in [0.2, 0.25) is 5.02 Å². The third-order valence-corrected chi connectivity index (χ3v) is 2.52. The molecule has 0 fully saturated rings. The lowest BCUT2D eigenvalue weighted by molar-refractivity contribution is 0.415.